The van der Waals surface area contributed by atoms with Gasteiger partial charge in [0.2, 0.25) is 0 Å². The Balaban J connectivity index is 1.72. The predicted molar refractivity (Wildman–Crippen MR) is 146 cm³/mol. The monoisotopic (exact) mass is 495 g/mol. The molecule has 0 aliphatic heterocycles. The molecule has 0 radical (unpaired) electrons. The average molecular weight is 496 g/mol. The minimum absolute atomic E-state index is 0.547. The van der Waals surface area contributed by atoms with Crippen LogP contribution >= 0.6 is 10.8 Å². The Morgan fingerprint density at radius 2 is 1.38 bits per heavy atom. The van der Waals surface area contributed by atoms with Crippen LogP contribution in [0.25, 0.3) is 11.1 Å². The highest BCUT2D eigenvalue weighted by Gasteiger charge is 2.13. The molecule has 3 aromatic carbocycles. The molecule has 0 saturated carbocycles. The van der Waals surface area contributed by atoms with Crippen LogP contribution in [-0.4, -0.2) is 52.1 Å². The summed E-state index contributed by atoms with van der Waals surface area (Å²) in [4.78, 5) is 2.08. The molecule has 3 aromatic rings. The summed E-state index contributed by atoms with van der Waals surface area (Å²) in [5.41, 5.74) is 6.15. The fourth-order valence-electron chi connectivity index (χ4n) is 3.78. The van der Waals surface area contributed by atoms with Crippen LogP contribution in [0.5, 0.6) is 5.75 Å². The fraction of sp³-hybridized carbons (Fsp3) is 0.286. The van der Waals surface area contributed by atoms with E-state index in [0.717, 1.165) is 35.1 Å². The molecule has 0 saturated heterocycles. The molecule has 180 valence electrons. The number of allylic oxidation sites excluding steroid dienone is 1. The molecule has 0 aliphatic carbocycles. The Labute approximate surface area is 208 Å². The minimum Gasteiger partial charge on any atom is -0.492 e. The average Bonchev–Trinajstić information content (AvgIpc) is 2.83. The van der Waals surface area contributed by atoms with Gasteiger partial charge in [0.05, 0.1) is 0 Å². The quantitative estimate of drug-likeness (QED) is 0.226. The summed E-state index contributed by atoms with van der Waals surface area (Å²) in [6.07, 6.45) is 2.17. The zero-order chi connectivity index (χ0) is 24.4. The van der Waals surface area contributed by atoms with E-state index in [4.69, 9.17) is 4.74 Å². The van der Waals surface area contributed by atoms with Crippen LogP contribution < -0.4 is 4.74 Å². The van der Waals surface area contributed by atoms with E-state index in [1.807, 2.05) is 31.3 Å². The van der Waals surface area contributed by atoms with Crippen molar-refractivity contribution in [3.63, 3.8) is 0 Å². The summed E-state index contributed by atoms with van der Waals surface area (Å²) in [6, 6.07) is 29.4. The lowest BCUT2D eigenvalue weighted by Gasteiger charge is -2.18. The predicted octanol–water partition coefficient (Wildman–Crippen LogP) is 6.06. The minimum atomic E-state index is -2.99. The first-order chi connectivity index (χ1) is 16.4. The second-order valence-corrected chi connectivity index (χ2v) is 12.7. The van der Waals surface area contributed by atoms with Crippen molar-refractivity contribution in [2.24, 2.45) is 0 Å². The topological polar surface area (TPSA) is 46.6 Å². The van der Waals surface area contributed by atoms with Crippen LogP contribution in [0.2, 0.25) is 0 Å². The van der Waals surface area contributed by atoms with E-state index < -0.39 is 8.87 Å². The number of rotatable bonds is 12. The molecular weight excluding hydrogens is 462 g/mol. The fourth-order valence-corrected chi connectivity index (χ4v) is 5.60. The van der Waals surface area contributed by atoms with Gasteiger partial charge in [-0.3, -0.25) is 0 Å². The molecule has 6 heteroatoms. The van der Waals surface area contributed by atoms with Gasteiger partial charge in [0, 0.05) is 25.1 Å². The van der Waals surface area contributed by atoms with Crippen LogP contribution in [0.15, 0.2) is 84.9 Å². The number of hydrogen-bond acceptors (Lipinski definition) is 5. The van der Waals surface area contributed by atoms with Crippen molar-refractivity contribution < 1.29 is 13.2 Å². The highest BCUT2D eigenvalue weighted by atomic mass is 33.1. The Kier molecular flexibility index (Phi) is 9.81. The molecule has 3 rings (SSSR count). The van der Waals surface area contributed by atoms with E-state index in [2.05, 4.69) is 72.5 Å². The normalized spacial score (nSPS) is 12.5. The van der Waals surface area contributed by atoms with E-state index in [1.165, 1.54) is 28.5 Å². The SMILES string of the molecule is CCC(=C(c1ccccc1)c1ccc(OCCN(C)CCSS(C)(=O)=O)cc1)c1ccccc1. The van der Waals surface area contributed by atoms with E-state index >= 15 is 0 Å². The van der Waals surface area contributed by atoms with Crippen molar-refractivity contribution in [1.29, 1.82) is 0 Å². The highest BCUT2D eigenvalue weighted by molar-refractivity contribution is 8.71. The lowest BCUT2D eigenvalue weighted by Crippen LogP contribution is -2.26. The highest BCUT2D eigenvalue weighted by Crippen LogP contribution is 2.34. The van der Waals surface area contributed by atoms with E-state index in [9.17, 15) is 8.42 Å². The van der Waals surface area contributed by atoms with Crippen molar-refractivity contribution in [2.45, 2.75) is 13.3 Å². The molecule has 4 nitrogen and oxygen atoms in total. The van der Waals surface area contributed by atoms with E-state index in [-0.39, 0.29) is 0 Å². The molecule has 0 unspecified atom stereocenters. The molecule has 0 aromatic heterocycles. The standard InChI is InChI=1S/C28H33NO3S2/c1-4-27(23-11-7-5-8-12-23)28(24-13-9-6-10-14-24)25-15-17-26(18-16-25)32-21-19-29(2)20-22-33-34(3,30)31/h5-18H,4,19-22H2,1-3H3. The van der Waals surface area contributed by atoms with Gasteiger partial charge in [-0.2, -0.15) is 0 Å². The summed E-state index contributed by atoms with van der Waals surface area (Å²) in [5.74, 6) is 1.38. The van der Waals surface area contributed by atoms with Crippen LogP contribution in [0, 0.1) is 0 Å². The number of likely N-dealkylation sites (N-methyl/N-ethyl adjacent to an activating group) is 1. The van der Waals surface area contributed by atoms with Crippen LogP contribution in [-0.2, 0) is 8.87 Å². The number of ether oxygens (including phenoxy) is 1. The van der Waals surface area contributed by atoms with Gasteiger partial charge in [0.15, 0.2) is 8.87 Å². The molecule has 0 bridgehead atoms. The Hall–Kier alpha value is -2.54. The first-order valence-corrected chi connectivity index (χ1v) is 14.9. The van der Waals surface area contributed by atoms with Crippen LogP contribution in [0.3, 0.4) is 0 Å². The van der Waals surface area contributed by atoms with Gasteiger partial charge in [-0.05, 0) is 64.2 Å². The zero-order valence-corrected chi connectivity index (χ0v) is 21.7. The van der Waals surface area contributed by atoms with Gasteiger partial charge in [-0.25, -0.2) is 8.42 Å². The van der Waals surface area contributed by atoms with Crippen molar-refractivity contribution in [3.05, 3.63) is 102 Å². The van der Waals surface area contributed by atoms with Gasteiger partial charge in [-0.15, -0.1) is 0 Å². The summed E-state index contributed by atoms with van der Waals surface area (Å²) in [7, 11) is -0.0293. The molecule has 0 spiro atoms. The zero-order valence-electron chi connectivity index (χ0n) is 20.1. The first-order valence-electron chi connectivity index (χ1n) is 11.5. The van der Waals surface area contributed by atoms with Gasteiger partial charge >= 0.3 is 0 Å². The first kappa shape index (κ1) is 26.1. The van der Waals surface area contributed by atoms with E-state index in [1.54, 1.807) is 0 Å². The third-order valence-corrected chi connectivity index (χ3v) is 8.06. The summed E-state index contributed by atoms with van der Waals surface area (Å²) < 4.78 is 28.4. The summed E-state index contributed by atoms with van der Waals surface area (Å²) >= 11 is 0. The van der Waals surface area contributed by atoms with Crippen molar-refractivity contribution >= 4 is 30.8 Å². The Bertz CT molecular complexity index is 1160. The second kappa shape index (κ2) is 12.8. The molecule has 0 aliphatic rings. The van der Waals surface area contributed by atoms with Crippen LogP contribution in [0.1, 0.15) is 30.0 Å². The number of nitrogens with zero attached hydrogens (tertiary/aromatic N) is 1. The van der Waals surface area contributed by atoms with Crippen molar-refractivity contribution in [2.75, 3.05) is 38.8 Å². The molecule has 34 heavy (non-hydrogen) atoms. The second-order valence-electron chi connectivity index (χ2n) is 8.14. The smallest absolute Gasteiger partial charge is 0.198 e. The van der Waals surface area contributed by atoms with Gasteiger partial charge in [-0.1, -0.05) is 79.7 Å². The third-order valence-electron chi connectivity index (χ3n) is 5.50. The molecule has 0 fully saturated rings. The lowest BCUT2D eigenvalue weighted by atomic mass is 9.88. The van der Waals surface area contributed by atoms with Crippen molar-refractivity contribution in [3.8, 4) is 5.75 Å². The summed E-state index contributed by atoms with van der Waals surface area (Å²) in [6.45, 7) is 4.18. The maximum Gasteiger partial charge on any atom is 0.198 e. The van der Waals surface area contributed by atoms with E-state index in [0.29, 0.717) is 18.9 Å². The maximum atomic E-state index is 11.2. The summed E-state index contributed by atoms with van der Waals surface area (Å²) in [5, 5.41) is 0. The van der Waals surface area contributed by atoms with Crippen LogP contribution in [0.4, 0.5) is 0 Å². The largest absolute Gasteiger partial charge is 0.492 e. The number of benzene rings is 3. The van der Waals surface area contributed by atoms with Gasteiger partial charge in [0.25, 0.3) is 0 Å². The number of hydrogen-bond donors (Lipinski definition) is 0. The van der Waals surface area contributed by atoms with Gasteiger partial charge < -0.3 is 9.64 Å². The molecule has 0 atom stereocenters. The van der Waals surface area contributed by atoms with Crippen molar-refractivity contribution in [1.82, 2.24) is 4.90 Å². The van der Waals surface area contributed by atoms with Gasteiger partial charge in [0.1, 0.15) is 12.4 Å². The Morgan fingerprint density at radius 1 is 0.824 bits per heavy atom. The maximum absolute atomic E-state index is 11.2. The molecular formula is C28H33NO3S2. The molecule has 0 heterocycles. The Morgan fingerprint density at radius 3 is 1.94 bits per heavy atom. The molecule has 0 amide bonds. The lowest BCUT2D eigenvalue weighted by molar-refractivity contribution is 0.245. The third kappa shape index (κ3) is 8.05. The molecule has 0 N–H and O–H groups in total.